The van der Waals surface area contributed by atoms with Gasteiger partial charge in [-0.1, -0.05) is 29.8 Å². The van der Waals surface area contributed by atoms with E-state index >= 15 is 0 Å². The Balaban J connectivity index is 1.83. The molecular formula is C21H23N3O4S. The standard InChI is InChI=1S/C21H23N3O4S/c1-14-6-8-15(9-7-14)17-5-4-12-24(17)29(27,28)16-10-11-18-19(13-16)23(3)21(26)20(25)22(18)2/h6-11,13,17H,4-5,12H2,1-3H3/t17-/m1/s1. The molecule has 29 heavy (non-hydrogen) atoms. The van der Waals surface area contributed by atoms with Gasteiger partial charge in [0.25, 0.3) is 0 Å². The number of aryl methyl sites for hydroxylation is 3. The van der Waals surface area contributed by atoms with E-state index in [1.165, 1.54) is 35.4 Å². The van der Waals surface area contributed by atoms with Gasteiger partial charge in [0, 0.05) is 20.6 Å². The third kappa shape index (κ3) is 3.12. The fourth-order valence-electron chi connectivity index (χ4n) is 4.01. The third-order valence-corrected chi connectivity index (χ3v) is 7.64. The lowest BCUT2D eigenvalue weighted by atomic mass is 10.0. The Morgan fingerprint density at radius 1 is 0.897 bits per heavy atom. The van der Waals surface area contributed by atoms with E-state index in [0.717, 1.165) is 24.0 Å². The molecule has 2 heterocycles. The molecule has 1 aliphatic rings. The fourth-order valence-corrected chi connectivity index (χ4v) is 5.71. The Bertz CT molecular complexity index is 1320. The van der Waals surface area contributed by atoms with E-state index in [9.17, 15) is 18.0 Å². The van der Waals surface area contributed by atoms with Crippen LogP contribution in [0.15, 0.2) is 56.9 Å². The number of benzene rings is 2. The van der Waals surface area contributed by atoms with Gasteiger partial charge in [-0.25, -0.2) is 8.42 Å². The molecule has 0 amide bonds. The highest BCUT2D eigenvalue weighted by atomic mass is 32.2. The summed E-state index contributed by atoms with van der Waals surface area (Å²) in [6.45, 7) is 2.45. The van der Waals surface area contributed by atoms with Crippen LogP contribution in [0.2, 0.25) is 0 Å². The van der Waals surface area contributed by atoms with E-state index in [1.807, 2.05) is 31.2 Å². The van der Waals surface area contributed by atoms with Crippen LogP contribution in [-0.2, 0) is 24.1 Å². The Morgan fingerprint density at radius 2 is 1.52 bits per heavy atom. The zero-order valence-corrected chi connectivity index (χ0v) is 17.4. The Hall–Kier alpha value is -2.71. The second-order valence-corrected chi connectivity index (χ2v) is 9.45. The summed E-state index contributed by atoms with van der Waals surface area (Å²) in [7, 11) is -0.772. The van der Waals surface area contributed by atoms with Crippen molar-refractivity contribution in [3.05, 3.63) is 74.3 Å². The van der Waals surface area contributed by atoms with Crippen molar-refractivity contribution < 1.29 is 8.42 Å². The topological polar surface area (TPSA) is 81.4 Å². The fraction of sp³-hybridized carbons (Fsp3) is 0.333. The number of nitrogens with zero attached hydrogens (tertiary/aromatic N) is 3. The Labute approximate surface area is 168 Å². The molecule has 1 fully saturated rings. The zero-order valence-electron chi connectivity index (χ0n) is 16.6. The van der Waals surface area contributed by atoms with Crippen molar-refractivity contribution in [1.29, 1.82) is 0 Å². The molecule has 0 spiro atoms. The summed E-state index contributed by atoms with van der Waals surface area (Å²) in [5.74, 6) is 0. The summed E-state index contributed by atoms with van der Waals surface area (Å²) >= 11 is 0. The first-order chi connectivity index (χ1) is 13.7. The first-order valence-corrected chi connectivity index (χ1v) is 10.9. The second kappa shape index (κ2) is 6.96. The molecule has 3 aromatic rings. The van der Waals surface area contributed by atoms with Crippen LogP contribution < -0.4 is 11.1 Å². The lowest BCUT2D eigenvalue weighted by Gasteiger charge is -2.25. The summed E-state index contributed by atoms with van der Waals surface area (Å²) in [5.41, 5.74) is 1.69. The molecule has 0 radical (unpaired) electrons. The molecular weight excluding hydrogens is 390 g/mol. The molecule has 1 aromatic heterocycles. The summed E-state index contributed by atoms with van der Waals surface area (Å²) in [4.78, 5) is 24.3. The van der Waals surface area contributed by atoms with Gasteiger partial charge in [0.2, 0.25) is 10.0 Å². The number of hydrogen-bond acceptors (Lipinski definition) is 4. The normalized spacial score (nSPS) is 17.8. The van der Waals surface area contributed by atoms with Crippen LogP contribution in [0.4, 0.5) is 0 Å². The van der Waals surface area contributed by atoms with Gasteiger partial charge in [-0.05, 0) is 43.5 Å². The maximum Gasteiger partial charge on any atom is 0.316 e. The van der Waals surface area contributed by atoms with Crippen LogP contribution in [0.1, 0.15) is 30.0 Å². The van der Waals surface area contributed by atoms with E-state index in [4.69, 9.17) is 0 Å². The number of sulfonamides is 1. The van der Waals surface area contributed by atoms with Crippen molar-refractivity contribution in [3.63, 3.8) is 0 Å². The summed E-state index contributed by atoms with van der Waals surface area (Å²) in [6.07, 6.45) is 1.56. The maximum atomic E-state index is 13.4. The van der Waals surface area contributed by atoms with Crippen molar-refractivity contribution in [1.82, 2.24) is 13.4 Å². The maximum absolute atomic E-state index is 13.4. The van der Waals surface area contributed by atoms with Gasteiger partial charge in [0.15, 0.2) is 0 Å². The van der Waals surface area contributed by atoms with Crippen LogP contribution in [0.3, 0.4) is 0 Å². The lowest BCUT2D eigenvalue weighted by molar-refractivity contribution is 0.396. The van der Waals surface area contributed by atoms with Crippen LogP contribution in [0, 0.1) is 6.92 Å². The molecule has 1 saturated heterocycles. The molecule has 152 valence electrons. The molecule has 1 aliphatic heterocycles. The molecule has 4 rings (SSSR count). The van der Waals surface area contributed by atoms with Gasteiger partial charge in [0.1, 0.15) is 0 Å². The summed E-state index contributed by atoms with van der Waals surface area (Å²) < 4.78 is 30.9. The van der Waals surface area contributed by atoms with Crippen LogP contribution in [0.5, 0.6) is 0 Å². The quantitative estimate of drug-likeness (QED) is 0.616. The van der Waals surface area contributed by atoms with Crippen molar-refractivity contribution >= 4 is 21.1 Å². The number of hydrogen-bond donors (Lipinski definition) is 0. The van der Waals surface area contributed by atoms with E-state index in [1.54, 1.807) is 10.4 Å². The minimum atomic E-state index is -3.76. The SMILES string of the molecule is Cc1ccc([C@H]2CCCN2S(=O)(=O)c2ccc3c(c2)n(C)c(=O)c(=O)n3C)cc1. The van der Waals surface area contributed by atoms with Crippen molar-refractivity contribution in [2.75, 3.05) is 6.54 Å². The summed E-state index contributed by atoms with van der Waals surface area (Å²) in [5, 5.41) is 0. The average Bonchev–Trinajstić information content (AvgIpc) is 3.21. The summed E-state index contributed by atoms with van der Waals surface area (Å²) in [6, 6.07) is 12.3. The molecule has 0 N–H and O–H groups in total. The average molecular weight is 413 g/mol. The predicted molar refractivity (Wildman–Crippen MR) is 111 cm³/mol. The highest BCUT2D eigenvalue weighted by Gasteiger charge is 2.36. The zero-order chi connectivity index (χ0) is 20.9. The minimum absolute atomic E-state index is 0.123. The lowest BCUT2D eigenvalue weighted by Crippen LogP contribution is -2.39. The predicted octanol–water partition coefficient (Wildman–Crippen LogP) is 2.07. The van der Waals surface area contributed by atoms with E-state index in [2.05, 4.69) is 0 Å². The Kier molecular flexibility index (Phi) is 4.71. The molecule has 1 atom stereocenters. The van der Waals surface area contributed by atoms with Gasteiger partial charge in [-0.15, -0.1) is 0 Å². The number of rotatable bonds is 3. The minimum Gasteiger partial charge on any atom is -0.305 e. The van der Waals surface area contributed by atoms with Crippen LogP contribution >= 0.6 is 0 Å². The second-order valence-electron chi connectivity index (χ2n) is 7.56. The molecule has 0 unspecified atom stereocenters. The third-order valence-electron chi connectivity index (χ3n) is 5.73. The van der Waals surface area contributed by atoms with Gasteiger partial charge in [-0.3, -0.25) is 9.59 Å². The molecule has 0 saturated carbocycles. The first kappa shape index (κ1) is 19.6. The van der Waals surface area contributed by atoms with Gasteiger partial charge in [-0.2, -0.15) is 4.31 Å². The van der Waals surface area contributed by atoms with Gasteiger partial charge >= 0.3 is 11.1 Å². The molecule has 2 aromatic carbocycles. The smallest absolute Gasteiger partial charge is 0.305 e. The highest BCUT2D eigenvalue weighted by Crippen LogP contribution is 2.37. The van der Waals surface area contributed by atoms with Crippen molar-refractivity contribution in [2.45, 2.75) is 30.7 Å². The van der Waals surface area contributed by atoms with Crippen LogP contribution in [0.25, 0.3) is 11.0 Å². The Morgan fingerprint density at radius 3 is 2.17 bits per heavy atom. The number of fused-ring (bicyclic) bond motifs is 1. The molecule has 7 nitrogen and oxygen atoms in total. The van der Waals surface area contributed by atoms with E-state index < -0.39 is 21.1 Å². The molecule has 8 heteroatoms. The van der Waals surface area contributed by atoms with Gasteiger partial charge in [0.05, 0.1) is 22.0 Å². The first-order valence-electron chi connectivity index (χ1n) is 9.50. The highest BCUT2D eigenvalue weighted by molar-refractivity contribution is 7.89. The number of aromatic nitrogens is 2. The van der Waals surface area contributed by atoms with Crippen LogP contribution in [-0.4, -0.2) is 28.4 Å². The largest absolute Gasteiger partial charge is 0.316 e. The molecule has 0 aliphatic carbocycles. The molecule has 0 bridgehead atoms. The van der Waals surface area contributed by atoms with Crippen molar-refractivity contribution in [2.24, 2.45) is 14.1 Å². The van der Waals surface area contributed by atoms with E-state index in [-0.39, 0.29) is 10.9 Å². The van der Waals surface area contributed by atoms with Crippen molar-refractivity contribution in [3.8, 4) is 0 Å². The monoisotopic (exact) mass is 413 g/mol. The van der Waals surface area contributed by atoms with E-state index in [0.29, 0.717) is 17.6 Å². The van der Waals surface area contributed by atoms with Gasteiger partial charge < -0.3 is 9.13 Å².